The first kappa shape index (κ1) is 18.7. The number of aromatic nitrogens is 2. The van der Waals surface area contributed by atoms with Gasteiger partial charge in [0.2, 0.25) is 0 Å². The topological polar surface area (TPSA) is 30.3 Å². The SMILES string of the molecule is Cn1nccc1C(C)(C)N1CCC(CCc2ccccc2)(C2CCCO2)C1. The minimum absolute atomic E-state index is 0.0155. The Balaban J connectivity index is 1.54. The van der Waals surface area contributed by atoms with Crippen LogP contribution in [0.5, 0.6) is 0 Å². The van der Waals surface area contributed by atoms with Crippen LogP contribution in [0, 0.1) is 5.41 Å². The third-order valence-corrected chi connectivity index (χ3v) is 6.99. The van der Waals surface area contributed by atoms with Gasteiger partial charge in [0, 0.05) is 31.8 Å². The van der Waals surface area contributed by atoms with Gasteiger partial charge in [-0.2, -0.15) is 5.10 Å². The Morgan fingerprint density at radius 2 is 2.04 bits per heavy atom. The van der Waals surface area contributed by atoms with Crippen molar-refractivity contribution in [1.82, 2.24) is 14.7 Å². The molecule has 1 aromatic carbocycles. The van der Waals surface area contributed by atoms with Gasteiger partial charge < -0.3 is 4.74 Å². The molecule has 0 spiro atoms. The molecule has 0 amide bonds. The molecule has 4 nitrogen and oxygen atoms in total. The van der Waals surface area contributed by atoms with Gasteiger partial charge >= 0.3 is 0 Å². The van der Waals surface area contributed by atoms with Gasteiger partial charge in [-0.05, 0) is 64.1 Å². The molecule has 4 heteroatoms. The largest absolute Gasteiger partial charge is 0.378 e. The average molecular weight is 368 g/mol. The lowest BCUT2D eigenvalue weighted by molar-refractivity contribution is -0.00884. The molecule has 0 bridgehead atoms. The molecule has 2 aliphatic heterocycles. The van der Waals surface area contributed by atoms with Crippen molar-refractivity contribution >= 4 is 0 Å². The van der Waals surface area contributed by atoms with Crippen LogP contribution in [0.15, 0.2) is 42.6 Å². The summed E-state index contributed by atoms with van der Waals surface area (Å²) in [6, 6.07) is 13.1. The number of aryl methyl sites for hydroxylation is 2. The van der Waals surface area contributed by atoms with Crippen LogP contribution < -0.4 is 0 Å². The summed E-state index contributed by atoms with van der Waals surface area (Å²) in [5.41, 5.74) is 2.98. The summed E-state index contributed by atoms with van der Waals surface area (Å²) in [6.07, 6.45) is 8.33. The van der Waals surface area contributed by atoms with E-state index in [4.69, 9.17) is 4.74 Å². The zero-order chi connectivity index (χ0) is 18.9. The van der Waals surface area contributed by atoms with E-state index in [-0.39, 0.29) is 11.0 Å². The third-order valence-electron chi connectivity index (χ3n) is 6.99. The fourth-order valence-corrected chi connectivity index (χ4v) is 5.24. The highest BCUT2D eigenvalue weighted by molar-refractivity contribution is 5.17. The fourth-order valence-electron chi connectivity index (χ4n) is 5.24. The number of hydrogen-bond donors (Lipinski definition) is 0. The van der Waals surface area contributed by atoms with E-state index in [1.54, 1.807) is 0 Å². The molecule has 0 saturated carbocycles. The van der Waals surface area contributed by atoms with Gasteiger partial charge in [0.1, 0.15) is 0 Å². The molecule has 146 valence electrons. The van der Waals surface area contributed by atoms with Crippen LogP contribution in [0.3, 0.4) is 0 Å². The zero-order valence-corrected chi connectivity index (χ0v) is 17.0. The van der Waals surface area contributed by atoms with E-state index in [9.17, 15) is 0 Å². The van der Waals surface area contributed by atoms with Crippen LogP contribution in [-0.2, 0) is 23.7 Å². The Morgan fingerprint density at radius 3 is 2.70 bits per heavy atom. The van der Waals surface area contributed by atoms with Gasteiger partial charge in [0.05, 0.1) is 17.3 Å². The van der Waals surface area contributed by atoms with Gasteiger partial charge in [0.25, 0.3) is 0 Å². The van der Waals surface area contributed by atoms with Crippen LogP contribution in [0.2, 0.25) is 0 Å². The number of rotatable bonds is 6. The first-order valence-electron chi connectivity index (χ1n) is 10.4. The lowest BCUT2D eigenvalue weighted by atomic mass is 9.75. The van der Waals surface area contributed by atoms with Gasteiger partial charge in [-0.1, -0.05) is 30.3 Å². The molecule has 2 aliphatic rings. The molecule has 0 aliphatic carbocycles. The zero-order valence-electron chi connectivity index (χ0n) is 17.0. The van der Waals surface area contributed by atoms with Crippen molar-refractivity contribution in [2.24, 2.45) is 12.5 Å². The quantitative estimate of drug-likeness (QED) is 0.768. The van der Waals surface area contributed by atoms with E-state index in [2.05, 4.69) is 67.3 Å². The maximum Gasteiger partial charge on any atom is 0.0645 e. The van der Waals surface area contributed by atoms with Crippen LogP contribution in [0.25, 0.3) is 0 Å². The first-order valence-corrected chi connectivity index (χ1v) is 10.4. The average Bonchev–Trinajstić information content (AvgIpc) is 3.41. The molecule has 0 radical (unpaired) electrons. The molecule has 1 aromatic heterocycles. The molecule has 0 N–H and O–H groups in total. The maximum absolute atomic E-state index is 6.26. The van der Waals surface area contributed by atoms with E-state index in [1.165, 1.54) is 36.9 Å². The molecule has 3 heterocycles. The van der Waals surface area contributed by atoms with Crippen molar-refractivity contribution in [2.75, 3.05) is 19.7 Å². The Morgan fingerprint density at radius 1 is 1.22 bits per heavy atom. The van der Waals surface area contributed by atoms with Crippen LogP contribution in [0.4, 0.5) is 0 Å². The lowest BCUT2D eigenvalue weighted by Crippen LogP contribution is -2.45. The minimum Gasteiger partial charge on any atom is -0.378 e. The van der Waals surface area contributed by atoms with E-state index in [0.717, 1.165) is 26.1 Å². The summed E-state index contributed by atoms with van der Waals surface area (Å²) in [6.45, 7) is 7.86. The maximum atomic E-state index is 6.26. The van der Waals surface area contributed by atoms with Gasteiger partial charge in [-0.15, -0.1) is 0 Å². The predicted octanol–water partition coefficient (Wildman–Crippen LogP) is 4.16. The summed E-state index contributed by atoms with van der Waals surface area (Å²) >= 11 is 0. The lowest BCUT2D eigenvalue weighted by Gasteiger charge is -2.40. The number of ether oxygens (including phenoxy) is 1. The van der Waals surface area contributed by atoms with E-state index >= 15 is 0 Å². The highest BCUT2D eigenvalue weighted by Crippen LogP contribution is 2.46. The number of likely N-dealkylation sites (tertiary alicyclic amines) is 1. The van der Waals surface area contributed by atoms with Crippen molar-refractivity contribution in [3.05, 3.63) is 53.9 Å². The second-order valence-electron chi connectivity index (χ2n) is 8.92. The molecule has 2 atom stereocenters. The molecular formula is C23H33N3O. The van der Waals surface area contributed by atoms with Gasteiger partial charge in [0.15, 0.2) is 0 Å². The van der Waals surface area contributed by atoms with E-state index in [1.807, 2.05) is 10.9 Å². The Labute approximate surface area is 163 Å². The third kappa shape index (κ3) is 3.57. The number of hydrogen-bond acceptors (Lipinski definition) is 3. The number of nitrogens with zero attached hydrogens (tertiary/aromatic N) is 3. The highest BCUT2D eigenvalue weighted by Gasteiger charge is 2.49. The summed E-state index contributed by atoms with van der Waals surface area (Å²) in [7, 11) is 2.05. The minimum atomic E-state index is -0.0155. The molecule has 2 saturated heterocycles. The Hall–Kier alpha value is -1.65. The van der Waals surface area contributed by atoms with Crippen molar-refractivity contribution in [3.63, 3.8) is 0 Å². The first-order chi connectivity index (χ1) is 13.0. The molecule has 2 fully saturated rings. The monoisotopic (exact) mass is 367 g/mol. The highest BCUT2D eigenvalue weighted by atomic mass is 16.5. The van der Waals surface area contributed by atoms with Crippen LogP contribution in [-0.4, -0.2) is 40.5 Å². The molecule has 4 rings (SSSR count). The summed E-state index contributed by atoms with van der Waals surface area (Å²) in [5, 5.41) is 4.41. The summed E-state index contributed by atoms with van der Waals surface area (Å²) < 4.78 is 8.28. The van der Waals surface area contributed by atoms with Crippen molar-refractivity contribution < 1.29 is 4.74 Å². The van der Waals surface area contributed by atoms with Crippen molar-refractivity contribution in [3.8, 4) is 0 Å². The normalized spacial score (nSPS) is 26.7. The molecular weight excluding hydrogens is 334 g/mol. The van der Waals surface area contributed by atoms with Gasteiger partial charge in [-0.25, -0.2) is 0 Å². The van der Waals surface area contributed by atoms with Crippen LogP contribution >= 0.6 is 0 Å². The predicted molar refractivity (Wildman–Crippen MR) is 109 cm³/mol. The summed E-state index contributed by atoms with van der Waals surface area (Å²) in [4.78, 5) is 2.66. The smallest absolute Gasteiger partial charge is 0.0645 e. The molecule has 2 aromatic rings. The second kappa shape index (κ2) is 7.40. The number of benzene rings is 1. The van der Waals surface area contributed by atoms with E-state index in [0.29, 0.717) is 6.10 Å². The molecule has 27 heavy (non-hydrogen) atoms. The Kier molecular flexibility index (Phi) is 5.13. The standard InChI is InChI=1S/C23H33N3O/c1-22(2,20-12-15-24-25(20)3)26-16-14-23(18-26,21-10-7-17-27-21)13-11-19-8-5-4-6-9-19/h4-6,8-9,12,15,21H,7,10-11,13-14,16-18H2,1-3H3. The Bertz CT molecular complexity index is 748. The van der Waals surface area contributed by atoms with Crippen molar-refractivity contribution in [2.45, 2.75) is 57.6 Å². The fraction of sp³-hybridized carbons (Fsp3) is 0.609. The van der Waals surface area contributed by atoms with E-state index < -0.39 is 0 Å². The van der Waals surface area contributed by atoms with Crippen molar-refractivity contribution in [1.29, 1.82) is 0 Å². The van der Waals surface area contributed by atoms with Crippen LogP contribution in [0.1, 0.15) is 50.8 Å². The van der Waals surface area contributed by atoms with Gasteiger partial charge in [-0.3, -0.25) is 9.58 Å². The molecule has 2 unspecified atom stereocenters. The second-order valence-corrected chi connectivity index (χ2v) is 8.92. The summed E-state index contributed by atoms with van der Waals surface area (Å²) in [5.74, 6) is 0.